The molecule has 0 saturated carbocycles. The van der Waals surface area contributed by atoms with E-state index in [1.54, 1.807) is 27.6 Å². The Hall–Kier alpha value is -3.27. The number of likely N-dealkylation sites (tertiary alicyclic amines) is 1. The van der Waals surface area contributed by atoms with E-state index in [1.807, 2.05) is 30.1 Å². The van der Waals surface area contributed by atoms with Gasteiger partial charge in [0.25, 0.3) is 0 Å². The fraction of sp³-hybridized carbons (Fsp3) is 0.294. The van der Waals surface area contributed by atoms with Crippen LogP contribution in [0.2, 0.25) is 0 Å². The molecule has 0 spiro atoms. The summed E-state index contributed by atoms with van der Waals surface area (Å²) in [5.74, 6) is 0.459. The average Bonchev–Trinajstić information content (AvgIpc) is 3.34. The van der Waals surface area contributed by atoms with Gasteiger partial charge in [0.2, 0.25) is 5.95 Å². The molecule has 1 aliphatic rings. The molecule has 5 rings (SSSR count). The Bertz CT molecular complexity index is 1080. The van der Waals surface area contributed by atoms with Crippen LogP contribution in [0.1, 0.15) is 6.42 Å². The fourth-order valence-corrected chi connectivity index (χ4v) is 3.12. The molecule has 0 aliphatic carbocycles. The van der Waals surface area contributed by atoms with Crippen LogP contribution < -0.4 is 11.5 Å². The third kappa shape index (κ3) is 3.38. The van der Waals surface area contributed by atoms with E-state index >= 15 is 0 Å². The number of hydrogen-bond donors (Lipinski definition) is 2. The fourth-order valence-electron chi connectivity index (χ4n) is 3.12. The molecular formula is C17H20FN9. The van der Waals surface area contributed by atoms with Crippen molar-refractivity contribution >= 4 is 22.9 Å². The Morgan fingerprint density at radius 1 is 1.11 bits per heavy atom. The number of nitrogens with zero attached hydrogens (tertiary/aromatic N) is 7. The second-order valence-corrected chi connectivity index (χ2v) is 6.47. The number of imidazole rings is 1. The van der Waals surface area contributed by atoms with Gasteiger partial charge in [0, 0.05) is 37.2 Å². The lowest BCUT2D eigenvalue weighted by atomic mass is 10.2. The number of anilines is 2. The average molecular weight is 369 g/mol. The summed E-state index contributed by atoms with van der Waals surface area (Å²) in [5, 5.41) is 8.58. The third-order valence-electron chi connectivity index (χ3n) is 4.42. The summed E-state index contributed by atoms with van der Waals surface area (Å²) in [5.41, 5.74) is 14.6. The molecule has 9 nitrogen and oxygen atoms in total. The van der Waals surface area contributed by atoms with Gasteiger partial charge in [-0.3, -0.25) is 0 Å². The van der Waals surface area contributed by atoms with Crippen LogP contribution in [0.5, 0.6) is 0 Å². The molecule has 1 fully saturated rings. The van der Waals surface area contributed by atoms with Crippen molar-refractivity contribution in [2.75, 3.05) is 31.6 Å². The number of aromatic nitrogens is 6. The Morgan fingerprint density at radius 2 is 1.96 bits per heavy atom. The Morgan fingerprint density at radius 3 is 2.67 bits per heavy atom. The number of rotatable bonds is 1. The lowest BCUT2D eigenvalue weighted by Gasteiger charge is -2.03. The molecule has 0 unspecified atom stereocenters. The lowest BCUT2D eigenvalue weighted by molar-refractivity contribution is 0.321. The van der Waals surface area contributed by atoms with Crippen molar-refractivity contribution in [3.8, 4) is 11.3 Å². The number of nitrogens with two attached hydrogens (primary N) is 2. The first-order valence-electron chi connectivity index (χ1n) is 8.55. The van der Waals surface area contributed by atoms with E-state index in [2.05, 4.69) is 20.2 Å². The molecule has 140 valence electrons. The van der Waals surface area contributed by atoms with Gasteiger partial charge in [0.05, 0.1) is 5.69 Å². The molecular weight excluding hydrogens is 349 g/mol. The van der Waals surface area contributed by atoms with Crippen molar-refractivity contribution in [3.05, 3.63) is 36.8 Å². The minimum absolute atomic E-state index is 0.134. The number of halogens is 1. The van der Waals surface area contributed by atoms with Gasteiger partial charge >= 0.3 is 0 Å². The summed E-state index contributed by atoms with van der Waals surface area (Å²) in [6, 6.07) is 5.65. The first-order chi connectivity index (χ1) is 13.0. The minimum atomic E-state index is -0.551. The molecule has 4 aromatic rings. The SMILES string of the molecule is CN1CC[C@@H](F)C1.Nc1nc(N)c2c(-c3ccc4nccn4n3)ccn2n1. The predicted molar refractivity (Wildman–Crippen MR) is 101 cm³/mol. The zero-order valence-electron chi connectivity index (χ0n) is 14.8. The van der Waals surface area contributed by atoms with Crippen molar-refractivity contribution < 1.29 is 4.39 Å². The number of alkyl halides is 1. The van der Waals surface area contributed by atoms with Crippen LogP contribution in [-0.4, -0.2) is 60.4 Å². The zero-order chi connectivity index (χ0) is 19.0. The van der Waals surface area contributed by atoms with E-state index in [1.165, 1.54) is 0 Å². The topological polar surface area (TPSA) is 116 Å². The van der Waals surface area contributed by atoms with Gasteiger partial charge in [-0.2, -0.15) is 10.1 Å². The lowest BCUT2D eigenvalue weighted by Crippen LogP contribution is -2.13. The van der Waals surface area contributed by atoms with Crippen LogP contribution in [-0.2, 0) is 0 Å². The third-order valence-corrected chi connectivity index (χ3v) is 4.42. The molecule has 10 heteroatoms. The Labute approximate surface area is 154 Å². The van der Waals surface area contributed by atoms with Gasteiger partial charge in [0.15, 0.2) is 11.5 Å². The number of hydrogen-bond acceptors (Lipinski definition) is 7. The number of nitrogen functional groups attached to an aromatic ring is 2. The molecule has 4 N–H and O–H groups in total. The van der Waals surface area contributed by atoms with Crippen LogP contribution >= 0.6 is 0 Å². The van der Waals surface area contributed by atoms with Crippen LogP contribution in [0.25, 0.3) is 22.4 Å². The molecule has 1 saturated heterocycles. The molecule has 4 aromatic heterocycles. The molecule has 0 bridgehead atoms. The van der Waals surface area contributed by atoms with Gasteiger partial charge in [-0.15, -0.1) is 5.10 Å². The highest BCUT2D eigenvalue weighted by Crippen LogP contribution is 2.27. The van der Waals surface area contributed by atoms with Gasteiger partial charge in [-0.05, 0) is 31.7 Å². The van der Waals surface area contributed by atoms with Crippen molar-refractivity contribution in [3.63, 3.8) is 0 Å². The maximum atomic E-state index is 12.1. The van der Waals surface area contributed by atoms with Gasteiger partial charge in [-0.1, -0.05) is 0 Å². The van der Waals surface area contributed by atoms with E-state index in [9.17, 15) is 4.39 Å². The maximum absolute atomic E-state index is 12.1. The zero-order valence-corrected chi connectivity index (χ0v) is 14.8. The van der Waals surface area contributed by atoms with Crippen molar-refractivity contribution in [2.24, 2.45) is 0 Å². The molecule has 0 aromatic carbocycles. The summed E-state index contributed by atoms with van der Waals surface area (Å²) < 4.78 is 15.4. The summed E-state index contributed by atoms with van der Waals surface area (Å²) in [4.78, 5) is 10.2. The van der Waals surface area contributed by atoms with Gasteiger partial charge < -0.3 is 16.4 Å². The van der Waals surface area contributed by atoms with Crippen LogP contribution in [0.4, 0.5) is 16.2 Å². The second-order valence-electron chi connectivity index (χ2n) is 6.47. The highest BCUT2D eigenvalue weighted by molar-refractivity contribution is 5.86. The van der Waals surface area contributed by atoms with Gasteiger partial charge in [0.1, 0.15) is 11.7 Å². The van der Waals surface area contributed by atoms with Crippen LogP contribution in [0.3, 0.4) is 0 Å². The van der Waals surface area contributed by atoms with E-state index in [-0.39, 0.29) is 5.95 Å². The molecule has 5 heterocycles. The monoisotopic (exact) mass is 369 g/mol. The highest BCUT2D eigenvalue weighted by atomic mass is 19.1. The minimum Gasteiger partial charge on any atom is -0.382 e. The first kappa shape index (κ1) is 17.2. The normalized spacial score (nSPS) is 17.3. The second kappa shape index (κ2) is 6.80. The van der Waals surface area contributed by atoms with E-state index in [0.29, 0.717) is 17.9 Å². The highest BCUT2D eigenvalue weighted by Gasteiger charge is 2.17. The Kier molecular flexibility index (Phi) is 4.32. The quantitative estimate of drug-likeness (QED) is 0.519. The Balaban J connectivity index is 0.000000218. The van der Waals surface area contributed by atoms with Crippen LogP contribution in [0.15, 0.2) is 36.8 Å². The number of fused-ring (bicyclic) bond motifs is 2. The predicted octanol–water partition coefficient (Wildman–Crippen LogP) is 1.26. The van der Waals surface area contributed by atoms with Crippen LogP contribution in [0, 0.1) is 0 Å². The maximum Gasteiger partial charge on any atom is 0.240 e. The largest absolute Gasteiger partial charge is 0.382 e. The van der Waals surface area contributed by atoms with Crippen molar-refractivity contribution in [1.82, 2.24) is 34.1 Å². The molecule has 0 radical (unpaired) electrons. The molecule has 1 aliphatic heterocycles. The summed E-state index contributed by atoms with van der Waals surface area (Å²) in [6.45, 7) is 1.57. The standard InChI is InChI=1S/C12H10N8.C5H10FN/c13-11-10-7(3-5-20(10)18-12(14)16-11)8-1-2-9-15-4-6-19(9)17-8;1-7-3-2-5(6)4-7/h1-6H,(H4,13,14,16,18);5H,2-4H2,1H3/t;5-/m.1/s1. The summed E-state index contributed by atoms with van der Waals surface area (Å²) in [6.07, 6.45) is 5.44. The van der Waals surface area contributed by atoms with E-state index in [0.717, 1.165) is 29.9 Å². The van der Waals surface area contributed by atoms with Crippen molar-refractivity contribution in [2.45, 2.75) is 12.6 Å². The van der Waals surface area contributed by atoms with Crippen molar-refractivity contribution in [1.29, 1.82) is 0 Å². The smallest absolute Gasteiger partial charge is 0.240 e. The van der Waals surface area contributed by atoms with E-state index in [4.69, 9.17) is 11.5 Å². The van der Waals surface area contributed by atoms with Gasteiger partial charge in [-0.25, -0.2) is 18.4 Å². The first-order valence-corrected chi connectivity index (χ1v) is 8.55. The molecule has 0 amide bonds. The summed E-state index contributed by atoms with van der Waals surface area (Å²) in [7, 11) is 1.94. The molecule has 27 heavy (non-hydrogen) atoms. The summed E-state index contributed by atoms with van der Waals surface area (Å²) >= 11 is 0. The molecule has 1 atom stereocenters. The van der Waals surface area contributed by atoms with E-state index < -0.39 is 6.17 Å².